The summed E-state index contributed by atoms with van der Waals surface area (Å²) in [4.78, 5) is 33.3. The van der Waals surface area contributed by atoms with E-state index in [-0.39, 0.29) is 12.3 Å². The molecule has 124 valence electrons. The van der Waals surface area contributed by atoms with Crippen molar-refractivity contribution in [1.29, 1.82) is 0 Å². The Bertz CT molecular complexity index is 729. The van der Waals surface area contributed by atoms with Crippen LogP contribution in [0.25, 0.3) is 10.2 Å². The number of hydrogen-bond acceptors (Lipinski definition) is 6. The van der Waals surface area contributed by atoms with Gasteiger partial charge in [0, 0.05) is 17.8 Å². The van der Waals surface area contributed by atoms with E-state index in [4.69, 9.17) is 5.11 Å². The molecule has 2 aromatic rings. The van der Waals surface area contributed by atoms with Crippen LogP contribution in [0, 0.1) is 13.8 Å². The lowest BCUT2D eigenvalue weighted by atomic mass is 10.2. The van der Waals surface area contributed by atoms with Gasteiger partial charge in [0.15, 0.2) is 0 Å². The summed E-state index contributed by atoms with van der Waals surface area (Å²) in [6.07, 6.45) is 2.03. The van der Waals surface area contributed by atoms with E-state index < -0.39 is 12.0 Å². The van der Waals surface area contributed by atoms with Gasteiger partial charge in [-0.15, -0.1) is 11.3 Å². The second-order valence-electron chi connectivity index (χ2n) is 5.23. The monoisotopic (exact) mass is 336 g/mol. The van der Waals surface area contributed by atoms with Crippen molar-refractivity contribution in [2.24, 2.45) is 0 Å². The molecule has 23 heavy (non-hydrogen) atoms. The fraction of sp³-hybridized carbons (Fsp3) is 0.467. The minimum Gasteiger partial charge on any atom is -0.480 e. The number of anilines is 1. The van der Waals surface area contributed by atoms with Crippen molar-refractivity contribution in [3.8, 4) is 0 Å². The van der Waals surface area contributed by atoms with Gasteiger partial charge in [-0.25, -0.2) is 14.8 Å². The zero-order chi connectivity index (χ0) is 17.0. The number of fused-ring (bicyclic) bond motifs is 1. The van der Waals surface area contributed by atoms with E-state index in [1.807, 2.05) is 13.8 Å². The average Bonchev–Trinajstić information content (AvgIpc) is 2.80. The van der Waals surface area contributed by atoms with E-state index >= 15 is 0 Å². The second kappa shape index (κ2) is 7.36. The maximum absolute atomic E-state index is 11.8. The number of aliphatic carboxylic acids is 1. The molecule has 2 heterocycles. The molecule has 1 atom stereocenters. The van der Waals surface area contributed by atoms with Gasteiger partial charge < -0.3 is 15.7 Å². The van der Waals surface area contributed by atoms with Crippen molar-refractivity contribution in [2.75, 3.05) is 11.9 Å². The third-order valence-corrected chi connectivity index (χ3v) is 4.77. The van der Waals surface area contributed by atoms with Crippen LogP contribution in [0.5, 0.6) is 0 Å². The first-order chi connectivity index (χ1) is 10.9. The number of carbonyl (C=O) groups is 2. The van der Waals surface area contributed by atoms with Crippen LogP contribution in [0.2, 0.25) is 0 Å². The third kappa shape index (κ3) is 3.95. The van der Waals surface area contributed by atoms with Crippen LogP contribution in [0.4, 0.5) is 5.82 Å². The molecule has 2 aromatic heterocycles. The number of rotatable bonds is 7. The molecular weight excluding hydrogens is 316 g/mol. The summed E-state index contributed by atoms with van der Waals surface area (Å²) < 4.78 is 0. The number of aryl methyl sites for hydroxylation is 2. The molecule has 2 rings (SSSR count). The van der Waals surface area contributed by atoms with Gasteiger partial charge in [-0.1, -0.05) is 6.92 Å². The Kier molecular flexibility index (Phi) is 5.49. The van der Waals surface area contributed by atoms with Crippen LogP contribution in [-0.2, 0) is 9.59 Å². The Hall–Kier alpha value is -2.22. The fourth-order valence-electron chi connectivity index (χ4n) is 2.22. The first-order valence-electron chi connectivity index (χ1n) is 7.40. The van der Waals surface area contributed by atoms with Crippen LogP contribution < -0.4 is 10.6 Å². The number of hydrogen-bond donors (Lipinski definition) is 3. The number of thiophene rings is 1. The highest BCUT2D eigenvalue weighted by atomic mass is 32.1. The smallest absolute Gasteiger partial charge is 0.326 e. The number of carboxylic acids is 1. The van der Waals surface area contributed by atoms with Crippen molar-refractivity contribution >= 4 is 39.2 Å². The predicted octanol–water partition coefficient (Wildman–Crippen LogP) is 2.09. The Morgan fingerprint density at radius 3 is 2.74 bits per heavy atom. The molecule has 0 spiro atoms. The number of amides is 1. The molecule has 3 N–H and O–H groups in total. The molecule has 0 saturated carbocycles. The largest absolute Gasteiger partial charge is 0.480 e. The highest BCUT2D eigenvalue weighted by Gasteiger charge is 2.17. The molecule has 1 amide bonds. The van der Waals surface area contributed by atoms with Crippen LogP contribution in [-0.4, -0.2) is 39.5 Å². The van der Waals surface area contributed by atoms with Crippen molar-refractivity contribution < 1.29 is 14.7 Å². The summed E-state index contributed by atoms with van der Waals surface area (Å²) >= 11 is 1.61. The Labute approximate surface area is 138 Å². The van der Waals surface area contributed by atoms with Crippen LogP contribution in [0.3, 0.4) is 0 Å². The lowest BCUT2D eigenvalue weighted by molar-refractivity contribution is -0.141. The van der Waals surface area contributed by atoms with Gasteiger partial charge in [0.25, 0.3) is 0 Å². The molecule has 8 heteroatoms. The second-order valence-corrected chi connectivity index (χ2v) is 6.43. The van der Waals surface area contributed by atoms with E-state index in [0.29, 0.717) is 18.8 Å². The first-order valence-corrected chi connectivity index (χ1v) is 8.22. The Balaban J connectivity index is 1.97. The lowest BCUT2D eigenvalue weighted by Gasteiger charge is -2.12. The predicted molar refractivity (Wildman–Crippen MR) is 89.9 cm³/mol. The number of carboxylic acid groups (broad SMARTS) is 1. The summed E-state index contributed by atoms with van der Waals surface area (Å²) in [5, 5.41) is 15.5. The molecule has 0 radical (unpaired) electrons. The average molecular weight is 336 g/mol. The summed E-state index contributed by atoms with van der Waals surface area (Å²) in [6.45, 7) is 6.16. The van der Waals surface area contributed by atoms with E-state index in [1.54, 1.807) is 18.3 Å². The summed E-state index contributed by atoms with van der Waals surface area (Å²) in [5.41, 5.74) is 1.13. The minimum atomic E-state index is -1.02. The normalized spacial score (nSPS) is 12.1. The maximum Gasteiger partial charge on any atom is 0.326 e. The van der Waals surface area contributed by atoms with Crippen molar-refractivity contribution in [3.63, 3.8) is 0 Å². The lowest BCUT2D eigenvalue weighted by Crippen LogP contribution is -2.40. The third-order valence-electron chi connectivity index (χ3n) is 3.65. The summed E-state index contributed by atoms with van der Waals surface area (Å²) in [7, 11) is 0. The molecule has 0 aliphatic heterocycles. The Morgan fingerprint density at radius 2 is 2.09 bits per heavy atom. The fourth-order valence-corrected chi connectivity index (χ4v) is 3.21. The van der Waals surface area contributed by atoms with Crippen molar-refractivity contribution in [1.82, 2.24) is 15.3 Å². The van der Waals surface area contributed by atoms with Gasteiger partial charge in [-0.2, -0.15) is 0 Å². The molecule has 0 saturated heterocycles. The molecule has 0 aliphatic rings. The van der Waals surface area contributed by atoms with E-state index in [2.05, 4.69) is 20.6 Å². The van der Waals surface area contributed by atoms with E-state index in [9.17, 15) is 9.59 Å². The molecule has 0 aliphatic carbocycles. The van der Waals surface area contributed by atoms with Crippen LogP contribution in [0.1, 0.15) is 30.2 Å². The highest BCUT2D eigenvalue weighted by Crippen LogP contribution is 2.32. The molecule has 1 unspecified atom stereocenters. The van der Waals surface area contributed by atoms with Gasteiger partial charge in [-0.05, 0) is 25.8 Å². The summed E-state index contributed by atoms with van der Waals surface area (Å²) in [6, 6.07) is -0.838. The zero-order valence-corrected chi connectivity index (χ0v) is 14.2. The van der Waals surface area contributed by atoms with Crippen molar-refractivity contribution in [2.45, 2.75) is 39.7 Å². The number of aromatic nitrogens is 2. The number of nitrogens with one attached hydrogen (secondary N) is 2. The summed E-state index contributed by atoms with van der Waals surface area (Å²) in [5.74, 6) is -0.610. The van der Waals surface area contributed by atoms with Gasteiger partial charge in [0.05, 0.1) is 5.39 Å². The molecule has 0 aromatic carbocycles. The van der Waals surface area contributed by atoms with Gasteiger partial charge >= 0.3 is 5.97 Å². The van der Waals surface area contributed by atoms with Gasteiger partial charge in [0.1, 0.15) is 23.0 Å². The van der Waals surface area contributed by atoms with E-state index in [1.165, 1.54) is 11.2 Å². The quantitative estimate of drug-likeness (QED) is 0.715. The molecule has 0 bridgehead atoms. The maximum atomic E-state index is 11.8. The van der Waals surface area contributed by atoms with Gasteiger partial charge in [-0.3, -0.25) is 4.79 Å². The van der Waals surface area contributed by atoms with Crippen LogP contribution >= 0.6 is 11.3 Å². The Morgan fingerprint density at radius 1 is 1.35 bits per heavy atom. The molecule has 7 nitrogen and oxygen atoms in total. The van der Waals surface area contributed by atoms with Crippen molar-refractivity contribution in [3.05, 3.63) is 16.8 Å². The molecular formula is C15H20N4O3S. The minimum absolute atomic E-state index is 0.178. The SMILES string of the molecule is CCC(NC(=O)CCNc1ncnc2sc(C)c(C)c12)C(=O)O. The standard InChI is InChI=1S/C15H20N4O3S/c1-4-10(15(21)22)19-11(20)5-6-16-13-12-8(2)9(3)23-14(12)18-7-17-13/h7,10H,4-6H2,1-3H3,(H,19,20)(H,21,22)(H,16,17,18). The van der Waals surface area contributed by atoms with Gasteiger partial charge in [0.2, 0.25) is 5.91 Å². The zero-order valence-electron chi connectivity index (χ0n) is 13.3. The first kappa shape index (κ1) is 17.1. The highest BCUT2D eigenvalue weighted by molar-refractivity contribution is 7.18. The number of carbonyl (C=O) groups excluding carboxylic acids is 1. The van der Waals surface area contributed by atoms with E-state index in [0.717, 1.165) is 15.8 Å². The topological polar surface area (TPSA) is 104 Å². The molecule has 0 fully saturated rings. The van der Waals surface area contributed by atoms with Crippen LogP contribution in [0.15, 0.2) is 6.33 Å². The number of nitrogens with zero attached hydrogens (tertiary/aromatic N) is 2.